The predicted octanol–water partition coefficient (Wildman–Crippen LogP) is 3.32. The molecule has 0 aliphatic carbocycles. The molecule has 1 amide bonds. The highest BCUT2D eigenvalue weighted by atomic mass is 16.5. The van der Waals surface area contributed by atoms with E-state index in [-0.39, 0.29) is 11.3 Å². The Hall–Kier alpha value is -2.33. The number of rotatable bonds is 7. The Balaban J connectivity index is 1.94. The van der Waals surface area contributed by atoms with Gasteiger partial charge in [0.1, 0.15) is 12.4 Å². The van der Waals surface area contributed by atoms with Gasteiger partial charge in [0.25, 0.3) is 5.91 Å². The van der Waals surface area contributed by atoms with Crippen LogP contribution in [0.4, 0.5) is 0 Å². The summed E-state index contributed by atoms with van der Waals surface area (Å²) < 4.78 is 5.74. The highest BCUT2D eigenvalue weighted by molar-refractivity contribution is 5.94. The molecule has 2 rings (SSSR count). The van der Waals surface area contributed by atoms with E-state index in [0.717, 1.165) is 11.3 Å². The van der Waals surface area contributed by atoms with Crippen LogP contribution in [-0.4, -0.2) is 30.9 Å². The molecule has 4 nitrogen and oxygen atoms in total. The maximum Gasteiger partial charge on any atom is 0.253 e. The summed E-state index contributed by atoms with van der Waals surface area (Å²) in [5, 5.41) is 0. The molecule has 128 valence electrons. The number of hydrogen-bond donors (Lipinski definition) is 1. The van der Waals surface area contributed by atoms with Crippen LogP contribution < -0.4 is 10.5 Å². The zero-order valence-electron chi connectivity index (χ0n) is 14.7. The summed E-state index contributed by atoms with van der Waals surface area (Å²) in [6.45, 7) is 5.78. The van der Waals surface area contributed by atoms with Crippen molar-refractivity contribution in [1.82, 2.24) is 4.90 Å². The quantitative estimate of drug-likeness (QED) is 0.849. The van der Waals surface area contributed by atoms with Gasteiger partial charge in [-0.3, -0.25) is 4.79 Å². The number of carbonyl (C=O) groups is 1. The van der Waals surface area contributed by atoms with Crippen LogP contribution in [0.25, 0.3) is 0 Å². The van der Waals surface area contributed by atoms with E-state index in [0.29, 0.717) is 25.3 Å². The topological polar surface area (TPSA) is 55.6 Å². The summed E-state index contributed by atoms with van der Waals surface area (Å²) >= 11 is 0. The van der Waals surface area contributed by atoms with Gasteiger partial charge in [0.2, 0.25) is 0 Å². The van der Waals surface area contributed by atoms with Crippen LogP contribution >= 0.6 is 0 Å². The Bertz CT molecular complexity index is 651. The summed E-state index contributed by atoms with van der Waals surface area (Å²) in [5.41, 5.74) is 7.41. The maximum atomic E-state index is 12.5. The number of nitrogens with two attached hydrogens (primary N) is 1. The molecule has 4 heteroatoms. The van der Waals surface area contributed by atoms with Gasteiger partial charge in [0.15, 0.2) is 0 Å². The van der Waals surface area contributed by atoms with E-state index in [1.807, 2.05) is 42.5 Å². The SMILES string of the molecule is CN(CC(C)(C)CN)C(=O)c1ccc(OCc2ccccc2)cc1. The fourth-order valence-corrected chi connectivity index (χ4v) is 2.43. The first-order valence-corrected chi connectivity index (χ1v) is 8.13. The van der Waals surface area contributed by atoms with E-state index in [1.54, 1.807) is 24.1 Å². The van der Waals surface area contributed by atoms with Crippen molar-refractivity contribution in [3.8, 4) is 5.75 Å². The smallest absolute Gasteiger partial charge is 0.253 e. The summed E-state index contributed by atoms with van der Waals surface area (Å²) in [6.07, 6.45) is 0. The first kappa shape index (κ1) is 18.0. The van der Waals surface area contributed by atoms with Crippen molar-refractivity contribution in [1.29, 1.82) is 0 Å². The van der Waals surface area contributed by atoms with Gasteiger partial charge in [-0.05, 0) is 41.8 Å². The van der Waals surface area contributed by atoms with Gasteiger partial charge < -0.3 is 15.4 Å². The third-order valence-corrected chi connectivity index (χ3v) is 3.91. The van der Waals surface area contributed by atoms with E-state index >= 15 is 0 Å². The van der Waals surface area contributed by atoms with Crippen LogP contribution in [0.3, 0.4) is 0 Å². The molecule has 0 aliphatic heterocycles. The average Bonchev–Trinajstić information content (AvgIpc) is 2.60. The molecule has 0 heterocycles. The lowest BCUT2D eigenvalue weighted by atomic mass is 9.93. The van der Waals surface area contributed by atoms with Crippen molar-refractivity contribution in [2.75, 3.05) is 20.1 Å². The number of ether oxygens (including phenoxy) is 1. The highest BCUT2D eigenvalue weighted by Gasteiger charge is 2.21. The molecule has 0 unspecified atom stereocenters. The molecule has 2 aromatic rings. The second-order valence-corrected chi connectivity index (χ2v) is 6.83. The molecule has 0 radical (unpaired) electrons. The van der Waals surface area contributed by atoms with Crippen molar-refractivity contribution in [3.05, 3.63) is 65.7 Å². The lowest BCUT2D eigenvalue weighted by Crippen LogP contribution is -2.39. The Kier molecular flexibility index (Phi) is 5.99. The summed E-state index contributed by atoms with van der Waals surface area (Å²) in [4.78, 5) is 14.2. The molecular formula is C20H26N2O2. The van der Waals surface area contributed by atoms with Gasteiger partial charge in [-0.1, -0.05) is 44.2 Å². The second-order valence-electron chi connectivity index (χ2n) is 6.83. The summed E-state index contributed by atoms with van der Waals surface area (Å²) in [5.74, 6) is 0.742. The Labute approximate surface area is 144 Å². The fourth-order valence-electron chi connectivity index (χ4n) is 2.43. The lowest BCUT2D eigenvalue weighted by molar-refractivity contribution is 0.0740. The summed E-state index contributed by atoms with van der Waals surface area (Å²) in [6, 6.07) is 17.3. The van der Waals surface area contributed by atoms with Crippen LogP contribution in [0, 0.1) is 5.41 Å². The van der Waals surface area contributed by atoms with Gasteiger partial charge in [-0.2, -0.15) is 0 Å². The minimum atomic E-state index is -0.0941. The number of nitrogens with zero attached hydrogens (tertiary/aromatic N) is 1. The lowest BCUT2D eigenvalue weighted by Gasteiger charge is -2.29. The van der Waals surface area contributed by atoms with E-state index < -0.39 is 0 Å². The molecule has 0 fully saturated rings. The molecule has 0 aliphatic rings. The molecule has 2 N–H and O–H groups in total. The third kappa shape index (κ3) is 5.10. The number of amides is 1. The predicted molar refractivity (Wildman–Crippen MR) is 97.0 cm³/mol. The van der Waals surface area contributed by atoms with E-state index in [9.17, 15) is 4.79 Å². The average molecular weight is 326 g/mol. The minimum Gasteiger partial charge on any atom is -0.489 e. The van der Waals surface area contributed by atoms with Crippen LogP contribution in [0.1, 0.15) is 29.8 Å². The first-order chi connectivity index (χ1) is 11.4. The summed E-state index contributed by atoms with van der Waals surface area (Å²) in [7, 11) is 1.81. The molecule has 24 heavy (non-hydrogen) atoms. The highest BCUT2D eigenvalue weighted by Crippen LogP contribution is 2.18. The third-order valence-electron chi connectivity index (χ3n) is 3.91. The Morgan fingerprint density at radius 3 is 2.29 bits per heavy atom. The van der Waals surface area contributed by atoms with Gasteiger partial charge in [0.05, 0.1) is 0 Å². The molecular weight excluding hydrogens is 300 g/mol. The van der Waals surface area contributed by atoms with E-state index in [1.165, 1.54) is 0 Å². The van der Waals surface area contributed by atoms with Crippen molar-refractivity contribution in [2.45, 2.75) is 20.5 Å². The Morgan fingerprint density at radius 2 is 1.71 bits per heavy atom. The zero-order chi connectivity index (χ0) is 17.6. The molecule has 0 spiro atoms. The van der Waals surface area contributed by atoms with Gasteiger partial charge in [-0.15, -0.1) is 0 Å². The van der Waals surface area contributed by atoms with Gasteiger partial charge in [0, 0.05) is 19.2 Å². The van der Waals surface area contributed by atoms with Crippen LogP contribution in [0.15, 0.2) is 54.6 Å². The standard InChI is InChI=1S/C20H26N2O2/c1-20(2,14-21)15-22(3)19(23)17-9-11-18(12-10-17)24-13-16-7-5-4-6-8-16/h4-12H,13-15,21H2,1-3H3. The molecule has 0 saturated carbocycles. The minimum absolute atomic E-state index is 0.00821. The van der Waals surface area contributed by atoms with Gasteiger partial charge >= 0.3 is 0 Å². The largest absolute Gasteiger partial charge is 0.489 e. The Morgan fingerprint density at radius 1 is 1.08 bits per heavy atom. The van der Waals surface area contributed by atoms with E-state index in [2.05, 4.69) is 13.8 Å². The number of hydrogen-bond acceptors (Lipinski definition) is 3. The first-order valence-electron chi connectivity index (χ1n) is 8.13. The maximum absolute atomic E-state index is 12.5. The number of carbonyl (C=O) groups excluding carboxylic acids is 1. The second kappa shape index (κ2) is 7.97. The van der Waals surface area contributed by atoms with Crippen molar-refractivity contribution >= 4 is 5.91 Å². The molecule has 0 aromatic heterocycles. The zero-order valence-corrected chi connectivity index (χ0v) is 14.7. The van der Waals surface area contributed by atoms with Crippen molar-refractivity contribution in [2.24, 2.45) is 11.1 Å². The van der Waals surface area contributed by atoms with Crippen molar-refractivity contribution in [3.63, 3.8) is 0 Å². The normalized spacial score (nSPS) is 11.2. The molecule has 0 bridgehead atoms. The molecule has 0 atom stereocenters. The monoisotopic (exact) mass is 326 g/mol. The van der Waals surface area contributed by atoms with Crippen LogP contribution in [0.5, 0.6) is 5.75 Å². The number of benzene rings is 2. The molecule has 0 saturated heterocycles. The van der Waals surface area contributed by atoms with E-state index in [4.69, 9.17) is 10.5 Å². The van der Waals surface area contributed by atoms with Gasteiger partial charge in [-0.25, -0.2) is 0 Å². The molecule has 2 aromatic carbocycles. The van der Waals surface area contributed by atoms with Crippen molar-refractivity contribution < 1.29 is 9.53 Å². The van der Waals surface area contributed by atoms with Crippen LogP contribution in [-0.2, 0) is 6.61 Å². The fraction of sp³-hybridized carbons (Fsp3) is 0.350. The van der Waals surface area contributed by atoms with Crippen LogP contribution in [0.2, 0.25) is 0 Å².